The molecule has 1 aromatic carbocycles. The molecular weight excluding hydrogens is 740 g/mol. The molecule has 4 heterocycles. The number of nitrogens with one attached hydrogen (secondary N) is 2. The predicted molar refractivity (Wildman–Crippen MR) is 203 cm³/mol. The molecule has 5 atom stereocenters. The highest BCUT2D eigenvalue weighted by molar-refractivity contribution is 7.91. The van der Waals surface area contributed by atoms with Crippen LogP contribution in [0.4, 0.5) is 4.39 Å². The Hall–Kier alpha value is -4.07. The van der Waals surface area contributed by atoms with Gasteiger partial charge in [-0.3, -0.25) is 23.9 Å². The second-order valence-electron chi connectivity index (χ2n) is 17.9. The number of ether oxygens (including phenoxy) is 2. The monoisotopic (exact) mass is 790 g/mol. The van der Waals surface area contributed by atoms with Crippen molar-refractivity contribution in [2.75, 3.05) is 6.54 Å². The summed E-state index contributed by atoms with van der Waals surface area (Å²) in [6.07, 6.45) is 13.7. The zero-order valence-corrected chi connectivity index (χ0v) is 32.8. The van der Waals surface area contributed by atoms with Gasteiger partial charge in [-0.2, -0.15) is 0 Å². The zero-order valence-electron chi connectivity index (χ0n) is 31.9. The maximum absolute atomic E-state index is 15.1. The minimum Gasteiger partial charge on any atom is -0.483 e. The highest BCUT2D eigenvalue weighted by Gasteiger charge is 2.64. The number of allylic oxidation sites excluding steroid dienone is 1. The second-order valence-corrected chi connectivity index (χ2v) is 20.0. The molecule has 1 saturated heterocycles. The van der Waals surface area contributed by atoms with E-state index in [2.05, 4.69) is 10.0 Å². The van der Waals surface area contributed by atoms with Crippen LogP contribution in [0.1, 0.15) is 127 Å². The van der Waals surface area contributed by atoms with Crippen LogP contribution < -0.4 is 14.8 Å². The summed E-state index contributed by atoms with van der Waals surface area (Å²) >= 11 is 0. The van der Waals surface area contributed by atoms with Crippen molar-refractivity contribution in [2.45, 2.75) is 150 Å². The Balaban J connectivity index is 1.06. The van der Waals surface area contributed by atoms with E-state index in [-0.39, 0.29) is 43.7 Å². The van der Waals surface area contributed by atoms with Gasteiger partial charge in [0.2, 0.25) is 21.8 Å². The number of pyridine rings is 1. The van der Waals surface area contributed by atoms with Crippen molar-refractivity contribution >= 4 is 44.6 Å². The number of hydrogen-bond donors (Lipinski definition) is 2. The average molecular weight is 791 g/mol. The average Bonchev–Trinajstić information content (AvgIpc) is 4.08. The van der Waals surface area contributed by atoms with Crippen LogP contribution in [0.25, 0.3) is 10.9 Å². The Morgan fingerprint density at radius 1 is 1.05 bits per heavy atom. The number of sulfonamides is 1. The molecule has 0 unspecified atom stereocenters. The smallest absolute Gasteiger partial charge is 0.306 e. The van der Waals surface area contributed by atoms with Crippen LogP contribution in [0.5, 0.6) is 5.75 Å². The van der Waals surface area contributed by atoms with E-state index in [1.165, 1.54) is 11.0 Å². The van der Waals surface area contributed by atoms with Gasteiger partial charge in [0, 0.05) is 35.1 Å². The number of aromatic nitrogens is 1. The van der Waals surface area contributed by atoms with E-state index < -0.39 is 67.4 Å². The van der Waals surface area contributed by atoms with Gasteiger partial charge < -0.3 is 19.7 Å². The molecule has 14 heteroatoms. The van der Waals surface area contributed by atoms with Gasteiger partial charge >= 0.3 is 5.97 Å². The molecule has 0 radical (unpaired) electrons. The molecule has 4 aliphatic carbocycles. The molecule has 3 aliphatic heterocycles. The summed E-state index contributed by atoms with van der Waals surface area (Å²) in [6, 6.07) is 3.85. The number of halogens is 1. The lowest BCUT2D eigenvalue weighted by atomic mass is 9.86. The van der Waals surface area contributed by atoms with E-state index in [1.54, 1.807) is 13.0 Å². The molecule has 56 heavy (non-hydrogen) atoms. The molecule has 300 valence electrons. The number of aryl methyl sites for hydroxylation is 1. The van der Waals surface area contributed by atoms with Gasteiger partial charge in [-0.15, -0.1) is 0 Å². The van der Waals surface area contributed by atoms with Crippen LogP contribution in [0.2, 0.25) is 0 Å². The van der Waals surface area contributed by atoms with Crippen molar-refractivity contribution in [3.05, 3.63) is 47.4 Å². The lowest BCUT2D eigenvalue weighted by Crippen LogP contribution is -2.57. The maximum atomic E-state index is 15.1. The SMILES string of the molecule is CC1(S(=O)(=O)NC(=O)[C@@]23C[C@H]2/C=C\CCCCC[C@H](CC(=O)OC2CCC2)C(=O)N2C[C@@]4(CCc5c(c(C6CC6)nc6c(F)cccc56)O4)C[C@H]2C(=O)N3)CC1. The first kappa shape index (κ1) is 37.5. The Morgan fingerprint density at radius 3 is 2.59 bits per heavy atom. The topological polar surface area (TPSA) is 161 Å². The summed E-state index contributed by atoms with van der Waals surface area (Å²) in [5.41, 5.74) is -0.627. The fraction of sp³-hybridized carbons (Fsp3) is 0.643. The normalized spacial score (nSPS) is 32.0. The lowest BCUT2D eigenvalue weighted by Gasteiger charge is -2.37. The molecule has 4 saturated carbocycles. The minimum atomic E-state index is -3.99. The Kier molecular flexibility index (Phi) is 9.24. The summed E-state index contributed by atoms with van der Waals surface area (Å²) in [4.78, 5) is 63.1. The van der Waals surface area contributed by atoms with E-state index in [4.69, 9.17) is 14.5 Å². The van der Waals surface area contributed by atoms with Crippen molar-refractivity contribution in [3.63, 3.8) is 0 Å². The minimum absolute atomic E-state index is 0.0675. The standard InChI is InChI=1S/C42H51FN4O8S/c1-40(19-20-40)56(52,53)46-39(51)42-22-27(42)10-6-4-2-3-5-9-26(21-33(48)54-28-11-7-12-28)38(50)47-24-41(23-32(47)37(49)45-42)18-17-30-29-13-8-14-31(43)35(29)44-34(25-15-16-25)36(30)55-41/h6,8,10,13-14,25-28,32H,2-5,7,9,11-12,15-24H2,1H3,(H,45,49)(H,46,51)/b10-6-/t26-,27-,32+,41-,42-/m1/s1. The number of esters is 1. The van der Waals surface area contributed by atoms with Crippen molar-refractivity contribution in [1.29, 1.82) is 0 Å². The second kappa shape index (κ2) is 13.8. The van der Waals surface area contributed by atoms with Crippen LogP contribution in [0.15, 0.2) is 30.4 Å². The van der Waals surface area contributed by atoms with Gasteiger partial charge in [0.05, 0.1) is 23.4 Å². The Morgan fingerprint density at radius 2 is 1.86 bits per heavy atom. The van der Waals surface area contributed by atoms with E-state index >= 15 is 4.39 Å². The van der Waals surface area contributed by atoms with Crippen molar-refractivity contribution in [2.24, 2.45) is 11.8 Å². The third kappa shape index (κ3) is 6.76. The summed E-state index contributed by atoms with van der Waals surface area (Å²) in [5, 5.41) is 3.65. The third-order valence-electron chi connectivity index (χ3n) is 13.7. The van der Waals surface area contributed by atoms with Gasteiger partial charge in [0.25, 0.3) is 5.91 Å². The van der Waals surface area contributed by atoms with Gasteiger partial charge in [-0.05, 0) is 96.5 Å². The third-order valence-corrected chi connectivity index (χ3v) is 15.8. The molecule has 3 amide bonds. The Bertz CT molecular complexity index is 2130. The number of benzene rings is 1. The first-order valence-electron chi connectivity index (χ1n) is 20.7. The summed E-state index contributed by atoms with van der Waals surface area (Å²) in [5.74, 6) is -2.94. The number of para-hydroxylation sites is 1. The van der Waals surface area contributed by atoms with Crippen LogP contribution in [0, 0.1) is 17.7 Å². The number of hydrogen-bond acceptors (Lipinski definition) is 9. The molecule has 12 nitrogen and oxygen atoms in total. The number of carbonyl (C=O) groups excluding carboxylic acids is 4. The van der Waals surface area contributed by atoms with Gasteiger partial charge in [0.1, 0.15) is 40.4 Å². The van der Waals surface area contributed by atoms with E-state index in [1.807, 2.05) is 18.2 Å². The Labute approximate surface area is 326 Å². The fourth-order valence-electron chi connectivity index (χ4n) is 9.23. The first-order chi connectivity index (χ1) is 26.8. The number of carbonyl (C=O) groups is 4. The van der Waals surface area contributed by atoms with Gasteiger partial charge in [-0.1, -0.05) is 37.1 Å². The quantitative estimate of drug-likeness (QED) is 0.276. The largest absolute Gasteiger partial charge is 0.483 e. The van der Waals surface area contributed by atoms with Crippen LogP contribution in [0.3, 0.4) is 0 Å². The molecule has 9 rings (SSSR count). The zero-order chi connectivity index (χ0) is 39.0. The van der Waals surface area contributed by atoms with Crippen LogP contribution in [-0.4, -0.2) is 76.6 Å². The molecular formula is C42H51FN4O8S. The number of fused-ring (bicyclic) bond motifs is 5. The maximum Gasteiger partial charge on any atom is 0.306 e. The summed E-state index contributed by atoms with van der Waals surface area (Å²) in [6.45, 7) is 1.67. The molecule has 1 spiro atoms. The molecule has 1 aromatic heterocycles. The van der Waals surface area contributed by atoms with Crippen LogP contribution in [-0.2, 0) is 40.4 Å². The molecule has 5 fully saturated rings. The van der Waals surface area contributed by atoms with Crippen molar-refractivity contribution < 1.29 is 41.5 Å². The fourth-order valence-corrected chi connectivity index (χ4v) is 10.5. The van der Waals surface area contributed by atoms with Crippen LogP contribution >= 0.6 is 0 Å². The van der Waals surface area contributed by atoms with Crippen molar-refractivity contribution in [1.82, 2.24) is 19.9 Å². The highest BCUT2D eigenvalue weighted by Crippen LogP contribution is 2.52. The number of nitrogens with zero attached hydrogens (tertiary/aromatic N) is 2. The van der Waals surface area contributed by atoms with Gasteiger partial charge in [-0.25, -0.2) is 17.8 Å². The summed E-state index contributed by atoms with van der Waals surface area (Å²) in [7, 11) is -3.99. The van der Waals surface area contributed by atoms with Crippen molar-refractivity contribution in [3.8, 4) is 5.75 Å². The first-order valence-corrected chi connectivity index (χ1v) is 22.1. The van der Waals surface area contributed by atoms with E-state index in [0.717, 1.165) is 56.9 Å². The summed E-state index contributed by atoms with van der Waals surface area (Å²) < 4.78 is 55.5. The molecule has 0 bridgehead atoms. The molecule has 2 aromatic rings. The molecule has 7 aliphatic rings. The predicted octanol–water partition coefficient (Wildman–Crippen LogP) is 5.41. The van der Waals surface area contributed by atoms with E-state index in [0.29, 0.717) is 60.9 Å². The van der Waals surface area contributed by atoms with Gasteiger partial charge in [0.15, 0.2) is 0 Å². The van der Waals surface area contributed by atoms with E-state index in [9.17, 15) is 27.6 Å². The lowest BCUT2D eigenvalue weighted by molar-refractivity contribution is -0.157. The molecule has 2 N–H and O–H groups in total. The highest BCUT2D eigenvalue weighted by atomic mass is 32.2. The number of amides is 3. The number of rotatable bonds is 7.